The van der Waals surface area contributed by atoms with Gasteiger partial charge in [-0.2, -0.15) is 0 Å². The number of piperidine rings is 1. The number of hydrogen-bond acceptors (Lipinski definition) is 1. The molecule has 2 fully saturated rings. The van der Waals surface area contributed by atoms with Crippen LogP contribution in [-0.4, -0.2) is 23.8 Å². The Hall–Kier alpha value is -1.05. The van der Waals surface area contributed by atoms with E-state index in [9.17, 15) is 0 Å². The van der Waals surface area contributed by atoms with Gasteiger partial charge in [0.1, 0.15) is 5.84 Å². The highest BCUT2D eigenvalue weighted by molar-refractivity contribution is 5.93. The molecular weight excluding hydrogens is 184 g/mol. The molecule has 1 aliphatic carbocycles. The van der Waals surface area contributed by atoms with E-state index in [1.807, 2.05) is 13.0 Å². The van der Waals surface area contributed by atoms with E-state index in [-0.39, 0.29) is 0 Å². The van der Waals surface area contributed by atoms with Crippen molar-refractivity contribution in [3.8, 4) is 0 Å². The molecule has 0 aromatic carbocycles. The van der Waals surface area contributed by atoms with Gasteiger partial charge in [0.05, 0.1) is 0 Å². The quantitative estimate of drug-likeness (QED) is 0.499. The largest absolute Gasteiger partial charge is 0.357 e. The molecule has 15 heavy (non-hydrogen) atoms. The Morgan fingerprint density at radius 1 is 1.27 bits per heavy atom. The molecule has 1 saturated heterocycles. The maximum absolute atomic E-state index is 4.33. The number of amidine groups is 1. The predicted octanol–water partition coefficient (Wildman–Crippen LogP) is 2.98. The SMILES string of the molecule is C=CN=C(/C=C\C)N1CCC2(CC1)CC2. The van der Waals surface area contributed by atoms with Gasteiger partial charge in [-0.25, -0.2) is 4.99 Å². The molecule has 0 bridgehead atoms. The standard InChI is InChI=1S/C13H20N2/c1-3-5-12(14-4-2)15-10-8-13(6-7-13)9-11-15/h3-5H,2,6-11H2,1H3/b5-3-,14-12?. The predicted molar refractivity (Wildman–Crippen MR) is 64.9 cm³/mol. The van der Waals surface area contributed by atoms with Crippen LogP contribution < -0.4 is 0 Å². The molecule has 2 rings (SSSR count). The average Bonchev–Trinajstić information content (AvgIpc) is 2.99. The topological polar surface area (TPSA) is 15.6 Å². The number of hydrogen-bond donors (Lipinski definition) is 0. The van der Waals surface area contributed by atoms with Gasteiger partial charge in [0.25, 0.3) is 0 Å². The highest BCUT2D eigenvalue weighted by atomic mass is 15.2. The molecule has 1 heterocycles. The molecule has 0 N–H and O–H groups in total. The van der Waals surface area contributed by atoms with E-state index in [0.29, 0.717) is 0 Å². The van der Waals surface area contributed by atoms with Crippen molar-refractivity contribution in [2.75, 3.05) is 13.1 Å². The zero-order valence-corrected chi connectivity index (χ0v) is 9.58. The maximum Gasteiger partial charge on any atom is 0.128 e. The van der Waals surface area contributed by atoms with Gasteiger partial charge in [-0.3, -0.25) is 0 Å². The second-order valence-electron chi connectivity index (χ2n) is 4.66. The lowest BCUT2D eigenvalue weighted by Crippen LogP contribution is -2.38. The maximum atomic E-state index is 4.33. The lowest BCUT2D eigenvalue weighted by molar-refractivity contribution is 0.251. The van der Waals surface area contributed by atoms with Crippen LogP contribution in [0.15, 0.2) is 29.9 Å². The van der Waals surface area contributed by atoms with Gasteiger partial charge in [-0.05, 0) is 44.1 Å². The third kappa shape index (κ3) is 2.31. The van der Waals surface area contributed by atoms with Crippen LogP contribution in [0.5, 0.6) is 0 Å². The minimum atomic E-state index is 0.742. The van der Waals surface area contributed by atoms with Crippen molar-refractivity contribution < 1.29 is 0 Å². The van der Waals surface area contributed by atoms with Crippen LogP contribution in [0.25, 0.3) is 0 Å². The zero-order valence-electron chi connectivity index (χ0n) is 9.58. The fraction of sp³-hybridized carbons (Fsp3) is 0.615. The van der Waals surface area contributed by atoms with Gasteiger partial charge < -0.3 is 4.90 Å². The summed E-state index contributed by atoms with van der Waals surface area (Å²) in [5.74, 6) is 1.07. The Bertz CT molecular complexity index is 288. The molecule has 1 spiro atoms. The van der Waals surface area contributed by atoms with E-state index >= 15 is 0 Å². The Balaban J connectivity index is 1.97. The number of nitrogens with zero attached hydrogens (tertiary/aromatic N) is 2. The first-order valence-electron chi connectivity index (χ1n) is 5.86. The molecule has 0 radical (unpaired) electrons. The molecule has 0 amide bonds. The molecule has 0 aromatic heterocycles. The summed E-state index contributed by atoms with van der Waals surface area (Å²) in [5, 5.41) is 0. The van der Waals surface area contributed by atoms with E-state index in [1.54, 1.807) is 6.20 Å². The highest BCUT2D eigenvalue weighted by Crippen LogP contribution is 2.53. The first-order chi connectivity index (χ1) is 7.29. The van der Waals surface area contributed by atoms with Gasteiger partial charge in [0.15, 0.2) is 0 Å². The van der Waals surface area contributed by atoms with Crippen molar-refractivity contribution in [3.63, 3.8) is 0 Å². The van der Waals surface area contributed by atoms with Gasteiger partial charge in [0, 0.05) is 19.3 Å². The fourth-order valence-electron chi connectivity index (χ4n) is 2.36. The van der Waals surface area contributed by atoms with Crippen LogP contribution in [0, 0.1) is 5.41 Å². The van der Waals surface area contributed by atoms with Crippen LogP contribution >= 0.6 is 0 Å². The minimum absolute atomic E-state index is 0.742. The smallest absolute Gasteiger partial charge is 0.128 e. The molecule has 2 aliphatic rings. The lowest BCUT2D eigenvalue weighted by Gasteiger charge is -2.33. The third-order valence-electron chi connectivity index (χ3n) is 3.64. The second-order valence-corrected chi connectivity index (χ2v) is 4.66. The number of allylic oxidation sites excluding steroid dienone is 1. The Morgan fingerprint density at radius 3 is 2.40 bits per heavy atom. The normalized spacial score (nSPS) is 24.9. The summed E-state index contributed by atoms with van der Waals surface area (Å²) in [7, 11) is 0. The summed E-state index contributed by atoms with van der Waals surface area (Å²) in [6.07, 6.45) is 11.4. The molecule has 82 valence electrons. The van der Waals surface area contributed by atoms with Crippen molar-refractivity contribution in [1.29, 1.82) is 0 Å². The summed E-state index contributed by atoms with van der Waals surface area (Å²) in [6.45, 7) is 8.03. The van der Waals surface area contributed by atoms with Crippen LogP contribution in [0.3, 0.4) is 0 Å². The van der Waals surface area contributed by atoms with Crippen LogP contribution in [0.1, 0.15) is 32.6 Å². The summed E-state index contributed by atoms with van der Waals surface area (Å²) in [4.78, 5) is 6.71. The van der Waals surface area contributed by atoms with Crippen molar-refractivity contribution in [2.45, 2.75) is 32.6 Å². The molecule has 1 saturated carbocycles. The number of likely N-dealkylation sites (tertiary alicyclic amines) is 1. The number of rotatable bonds is 2. The van der Waals surface area contributed by atoms with Crippen LogP contribution in [-0.2, 0) is 0 Å². The Morgan fingerprint density at radius 2 is 1.93 bits per heavy atom. The molecule has 2 heteroatoms. The Labute approximate surface area is 92.4 Å². The third-order valence-corrected chi connectivity index (χ3v) is 3.64. The highest BCUT2D eigenvalue weighted by Gasteiger charge is 2.44. The van der Waals surface area contributed by atoms with Crippen LogP contribution in [0.4, 0.5) is 0 Å². The van der Waals surface area contributed by atoms with Crippen molar-refractivity contribution in [3.05, 3.63) is 24.9 Å². The van der Waals surface area contributed by atoms with E-state index in [0.717, 1.165) is 24.3 Å². The first kappa shape index (κ1) is 10.5. The molecule has 2 nitrogen and oxygen atoms in total. The van der Waals surface area contributed by atoms with Crippen molar-refractivity contribution in [1.82, 2.24) is 4.90 Å². The van der Waals surface area contributed by atoms with Gasteiger partial charge in [0.2, 0.25) is 0 Å². The lowest BCUT2D eigenvalue weighted by atomic mass is 9.93. The van der Waals surface area contributed by atoms with Gasteiger partial charge in [-0.1, -0.05) is 12.7 Å². The zero-order chi connectivity index (χ0) is 10.7. The van der Waals surface area contributed by atoms with Gasteiger partial charge in [-0.15, -0.1) is 0 Å². The summed E-state index contributed by atoms with van der Waals surface area (Å²) >= 11 is 0. The van der Waals surface area contributed by atoms with E-state index in [1.165, 1.54) is 25.7 Å². The monoisotopic (exact) mass is 204 g/mol. The average molecular weight is 204 g/mol. The summed E-state index contributed by atoms with van der Waals surface area (Å²) in [6, 6.07) is 0. The van der Waals surface area contributed by atoms with E-state index < -0.39 is 0 Å². The second kappa shape index (κ2) is 4.21. The van der Waals surface area contributed by atoms with E-state index in [2.05, 4.69) is 22.5 Å². The molecule has 0 atom stereocenters. The molecule has 0 unspecified atom stereocenters. The van der Waals surface area contributed by atoms with Crippen molar-refractivity contribution >= 4 is 5.84 Å². The Kier molecular flexibility index (Phi) is 2.94. The number of aliphatic imine (C=N–C) groups is 1. The molecule has 1 aliphatic heterocycles. The van der Waals surface area contributed by atoms with Crippen LogP contribution in [0.2, 0.25) is 0 Å². The fourth-order valence-corrected chi connectivity index (χ4v) is 2.36. The summed E-state index contributed by atoms with van der Waals surface area (Å²) in [5.41, 5.74) is 0.742. The summed E-state index contributed by atoms with van der Waals surface area (Å²) < 4.78 is 0. The van der Waals surface area contributed by atoms with Gasteiger partial charge >= 0.3 is 0 Å². The van der Waals surface area contributed by atoms with E-state index in [4.69, 9.17) is 0 Å². The molecular formula is C13H20N2. The molecule has 0 aromatic rings. The first-order valence-corrected chi connectivity index (χ1v) is 5.86. The minimum Gasteiger partial charge on any atom is -0.357 e. The van der Waals surface area contributed by atoms with Crippen molar-refractivity contribution in [2.24, 2.45) is 10.4 Å².